The first kappa shape index (κ1) is 16.9. The molecule has 2 rings (SSSR count). The minimum absolute atomic E-state index is 0.0995. The van der Waals surface area contributed by atoms with E-state index in [1.54, 1.807) is 24.3 Å². The quantitative estimate of drug-likeness (QED) is 0.498. The molecule has 0 saturated heterocycles. The number of methoxy groups -OCH3 is 2. The maximum Gasteiger partial charge on any atom is 0.278 e. The van der Waals surface area contributed by atoms with Gasteiger partial charge >= 0.3 is 0 Å². The predicted molar refractivity (Wildman–Crippen MR) is 87.7 cm³/mol. The molecule has 0 aliphatic rings. The SMILES string of the molecule is COc1ccc(C(=O)N/N=C\c2ccccc2[N+](=O)[O-])c(OC)c1. The van der Waals surface area contributed by atoms with Crippen LogP contribution in [0.3, 0.4) is 0 Å². The summed E-state index contributed by atoms with van der Waals surface area (Å²) in [6.45, 7) is 0. The smallest absolute Gasteiger partial charge is 0.278 e. The second-order valence-corrected chi connectivity index (χ2v) is 4.58. The minimum atomic E-state index is -0.518. The van der Waals surface area contributed by atoms with Crippen LogP contribution in [0.2, 0.25) is 0 Å². The fourth-order valence-electron chi connectivity index (χ4n) is 1.97. The van der Waals surface area contributed by atoms with Gasteiger partial charge in [0.05, 0.1) is 36.5 Å². The summed E-state index contributed by atoms with van der Waals surface area (Å²) in [5.74, 6) is 0.365. The van der Waals surface area contributed by atoms with E-state index in [2.05, 4.69) is 10.5 Å². The summed E-state index contributed by atoms with van der Waals surface area (Å²) in [6.07, 6.45) is 1.21. The number of benzene rings is 2. The third-order valence-electron chi connectivity index (χ3n) is 3.16. The Kier molecular flexibility index (Phi) is 5.45. The molecule has 0 spiro atoms. The molecule has 8 nitrogen and oxygen atoms in total. The molecule has 1 amide bonds. The number of carbonyl (C=O) groups is 1. The Hall–Kier alpha value is -3.42. The summed E-state index contributed by atoms with van der Waals surface area (Å²) < 4.78 is 10.2. The van der Waals surface area contributed by atoms with Gasteiger partial charge in [-0.3, -0.25) is 14.9 Å². The van der Waals surface area contributed by atoms with Crippen LogP contribution in [0.1, 0.15) is 15.9 Å². The van der Waals surface area contributed by atoms with Crippen molar-refractivity contribution in [3.05, 3.63) is 63.7 Å². The van der Waals surface area contributed by atoms with E-state index in [9.17, 15) is 14.9 Å². The van der Waals surface area contributed by atoms with Gasteiger partial charge < -0.3 is 9.47 Å². The molecular weight excluding hydrogens is 314 g/mol. The number of rotatable bonds is 6. The maximum atomic E-state index is 12.2. The van der Waals surface area contributed by atoms with E-state index in [4.69, 9.17) is 9.47 Å². The lowest BCUT2D eigenvalue weighted by Gasteiger charge is -2.08. The van der Waals surface area contributed by atoms with Crippen molar-refractivity contribution in [1.82, 2.24) is 5.43 Å². The van der Waals surface area contributed by atoms with Gasteiger partial charge in [0.2, 0.25) is 0 Å². The summed E-state index contributed by atoms with van der Waals surface area (Å²) in [4.78, 5) is 22.5. The van der Waals surface area contributed by atoms with Gasteiger partial charge in [-0.25, -0.2) is 5.43 Å². The van der Waals surface area contributed by atoms with Crippen molar-refractivity contribution in [2.75, 3.05) is 14.2 Å². The Bertz CT molecular complexity index is 789. The summed E-state index contributed by atoms with van der Waals surface area (Å²) in [6, 6.07) is 10.8. The summed E-state index contributed by atoms with van der Waals surface area (Å²) >= 11 is 0. The molecule has 24 heavy (non-hydrogen) atoms. The van der Waals surface area contributed by atoms with Gasteiger partial charge in [-0.2, -0.15) is 5.10 Å². The van der Waals surface area contributed by atoms with Gasteiger partial charge in [-0.05, 0) is 18.2 Å². The van der Waals surface area contributed by atoms with E-state index in [0.29, 0.717) is 11.5 Å². The second kappa shape index (κ2) is 7.73. The van der Waals surface area contributed by atoms with Crippen LogP contribution < -0.4 is 14.9 Å². The summed E-state index contributed by atoms with van der Waals surface area (Å²) in [5, 5.41) is 14.7. The zero-order chi connectivity index (χ0) is 17.5. The van der Waals surface area contributed by atoms with E-state index >= 15 is 0 Å². The number of hydrogen-bond acceptors (Lipinski definition) is 6. The van der Waals surface area contributed by atoms with E-state index in [0.717, 1.165) is 0 Å². The van der Waals surface area contributed by atoms with Crippen LogP contribution in [0.4, 0.5) is 5.69 Å². The van der Waals surface area contributed by atoms with Crippen molar-refractivity contribution in [3.8, 4) is 11.5 Å². The van der Waals surface area contributed by atoms with E-state index in [1.807, 2.05) is 0 Å². The lowest BCUT2D eigenvalue weighted by molar-refractivity contribution is -0.385. The van der Waals surface area contributed by atoms with Gasteiger partial charge in [0.25, 0.3) is 11.6 Å². The molecule has 124 valence electrons. The van der Waals surface area contributed by atoms with Crippen molar-refractivity contribution in [2.45, 2.75) is 0 Å². The third kappa shape index (κ3) is 3.86. The van der Waals surface area contributed by atoms with Crippen LogP contribution in [0.5, 0.6) is 11.5 Å². The molecule has 0 unspecified atom stereocenters. The third-order valence-corrected chi connectivity index (χ3v) is 3.16. The van der Waals surface area contributed by atoms with Crippen LogP contribution in [0, 0.1) is 10.1 Å². The fourth-order valence-corrected chi connectivity index (χ4v) is 1.97. The number of hydrogen-bond donors (Lipinski definition) is 1. The minimum Gasteiger partial charge on any atom is -0.497 e. The first-order valence-corrected chi connectivity index (χ1v) is 6.85. The highest BCUT2D eigenvalue weighted by atomic mass is 16.6. The van der Waals surface area contributed by atoms with Crippen LogP contribution in [0.25, 0.3) is 0 Å². The maximum absolute atomic E-state index is 12.2. The Balaban J connectivity index is 2.15. The summed E-state index contributed by atoms with van der Waals surface area (Å²) in [5.41, 5.74) is 2.76. The molecule has 0 aliphatic carbocycles. The molecular formula is C16H15N3O5. The van der Waals surface area contributed by atoms with Crippen molar-refractivity contribution in [3.63, 3.8) is 0 Å². The molecule has 0 atom stereocenters. The lowest BCUT2D eigenvalue weighted by atomic mass is 10.2. The Morgan fingerprint density at radius 1 is 1.21 bits per heavy atom. The summed E-state index contributed by atoms with van der Waals surface area (Å²) in [7, 11) is 2.94. The van der Waals surface area contributed by atoms with Crippen LogP contribution in [-0.4, -0.2) is 31.3 Å². The number of hydrazone groups is 1. The molecule has 1 N–H and O–H groups in total. The number of nitro groups is 1. The van der Waals surface area contributed by atoms with Gasteiger partial charge in [-0.15, -0.1) is 0 Å². The standard InChI is InChI=1S/C16H15N3O5/c1-23-12-7-8-13(15(9-12)24-2)16(20)18-17-10-11-5-3-4-6-14(11)19(21)22/h3-10H,1-2H3,(H,18,20)/b17-10-. The second-order valence-electron chi connectivity index (χ2n) is 4.58. The molecule has 2 aromatic carbocycles. The average molecular weight is 329 g/mol. The number of carbonyl (C=O) groups excluding carboxylic acids is 1. The Labute approximate surface area is 137 Å². The molecule has 0 radical (unpaired) electrons. The number of nitro benzene ring substituents is 1. The first-order valence-electron chi connectivity index (χ1n) is 6.85. The monoisotopic (exact) mass is 329 g/mol. The zero-order valence-electron chi connectivity index (χ0n) is 13.1. The van der Waals surface area contributed by atoms with Crippen molar-refractivity contribution in [1.29, 1.82) is 0 Å². The number of para-hydroxylation sites is 1. The lowest BCUT2D eigenvalue weighted by Crippen LogP contribution is -2.18. The molecule has 2 aromatic rings. The van der Waals surface area contributed by atoms with E-state index in [1.165, 1.54) is 38.6 Å². The van der Waals surface area contributed by atoms with Crippen LogP contribution >= 0.6 is 0 Å². The van der Waals surface area contributed by atoms with Crippen molar-refractivity contribution < 1.29 is 19.2 Å². The Morgan fingerprint density at radius 2 is 1.96 bits per heavy atom. The van der Waals surface area contributed by atoms with Crippen molar-refractivity contribution >= 4 is 17.8 Å². The highest BCUT2D eigenvalue weighted by Crippen LogP contribution is 2.24. The number of nitrogens with zero attached hydrogens (tertiary/aromatic N) is 2. The van der Waals surface area contributed by atoms with Gasteiger partial charge in [0, 0.05) is 12.1 Å². The molecule has 0 saturated carbocycles. The molecule has 0 fully saturated rings. The van der Waals surface area contributed by atoms with Crippen LogP contribution in [-0.2, 0) is 0 Å². The zero-order valence-corrected chi connectivity index (χ0v) is 13.1. The molecule has 0 bridgehead atoms. The normalized spacial score (nSPS) is 10.4. The highest BCUT2D eigenvalue weighted by Gasteiger charge is 2.13. The molecule has 0 heterocycles. The Morgan fingerprint density at radius 3 is 2.62 bits per heavy atom. The number of nitrogens with one attached hydrogen (secondary N) is 1. The highest BCUT2D eigenvalue weighted by molar-refractivity contribution is 5.97. The van der Waals surface area contributed by atoms with Gasteiger partial charge in [0.1, 0.15) is 11.5 Å². The van der Waals surface area contributed by atoms with Gasteiger partial charge in [-0.1, -0.05) is 12.1 Å². The predicted octanol–water partition coefficient (Wildman–Crippen LogP) is 2.38. The fraction of sp³-hybridized carbons (Fsp3) is 0.125. The van der Waals surface area contributed by atoms with Crippen molar-refractivity contribution in [2.24, 2.45) is 5.10 Å². The average Bonchev–Trinajstić information content (AvgIpc) is 2.61. The topological polar surface area (TPSA) is 103 Å². The van der Waals surface area contributed by atoms with E-state index in [-0.39, 0.29) is 16.8 Å². The number of amides is 1. The molecule has 0 aromatic heterocycles. The molecule has 0 aliphatic heterocycles. The van der Waals surface area contributed by atoms with Crippen LogP contribution in [0.15, 0.2) is 47.6 Å². The number of ether oxygens (including phenoxy) is 2. The van der Waals surface area contributed by atoms with E-state index < -0.39 is 10.8 Å². The molecule has 8 heteroatoms. The largest absolute Gasteiger partial charge is 0.497 e. The first-order chi connectivity index (χ1) is 11.6. The van der Waals surface area contributed by atoms with Gasteiger partial charge in [0.15, 0.2) is 0 Å².